The fourth-order valence-corrected chi connectivity index (χ4v) is 4.55. The highest BCUT2D eigenvalue weighted by molar-refractivity contribution is 7.92. The number of sulfonamides is 1. The third kappa shape index (κ3) is 4.99. The molecule has 0 aliphatic carbocycles. The molecule has 1 atom stereocenters. The second-order valence-electron chi connectivity index (χ2n) is 7.94. The summed E-state index contributed by atoms with van der Waals surface area (Å²) in [5, 5.41) is 0. The minimum atomic E-state index is -3.52. The Bertz CT molecular complexity index is 1310. The summed E-state index contributed by atoms with van der Waals surface area (Å²) in [6.07, 6.45) is 2.27. The van der Waals surface area contributed by atoms with Crippen LogP contribution in [0.2, 0.25) is 0 Å². The molecule has 9 heteroatoms. The van der Waals surface area contributed by atoms with Gasteiger partial charge >= 0.3 is 6.61 Å². The molecule has 34 heavy (non-hydrogen) atoms. The SMILES string of the molecule is C=CCN(C)c1ccc(C2Oc3cccc(OC(F)F)c3-c3ccc(NS(C)(=O)=O)cc32)cc1. The van der Waals surface area contributed by atoms with Crippen molar-refractivity contribution in [2.45, 2.75) is 12.7 Å². The van der Waals surface area contributed by atoms with Crippen molar-refractivity contribution >= 4 is 21.4 Å². The number of halogens is 2. The molecule has 0 amide bonds. The summed E-state index contributed by atoms with van der Waals surface area (Å²) in [6.45, 7) is 1.44. The highest BCUT2D eigenvalue weighted by atomic mass is 32.2. The van der Waals surface area contributed by atoms with Crippen molar-refractivity contribution < 1.29 is 26.7 Å². The Kier molecular flexibility index (Phi) is 6.47. The zero-order valence-corrected chi connectivity index (χ0v) is 19.5. The second-order valence-corrected chi connectivity index (χ2v) is 9.69. The molecule has 0 spiro atoms. The van der Waals surface area contributed by atoms with Crippen molar-refractivity contribution in [3.63, 3.8) is 0 Å². The second kappa shape index (κ2) is 9.34. The molecular weight excluding hydrogens is 462 g/mol. The quantitative estimate of drug-likeness (QED) is 0.430. The molecule has 3 aromatic carbocycles. The molecule has 3 aromatic rings. The zero-order valence-electron chi connectivity index (χ0n) is 18.7. The first-order valence-electron chi connectivity index (χ1n) is 10.4. The number of anilines is 2. The van der Waals surface area contributed by atoms with Gasteiger partial charge in [-0.2, -0.15) is 8.78 Å². The minimum absolute atomic E-state index is 0.0163. The minimum Gasteiger partial charge on any atom is -0.480 e. The van der Waals surface area contributed by atoms with Crippen molar-refractivity contribution in [3.05, 3.63) is 84.4 Å². The lowest BCUT2D eigenvalue weighted by atomic mass is 9.88. The van der Waals surface area contributed by atoms with Gasteiger partial charge in [0.1, 0.15) is 17.6 Å². The molecule has 4 rings (SSSR count). The standard InChI is InChI=1S/C25H24F2N2O4S/c1-4-14-29(2)18-11-8-16(9-12-18)24-20-15-17(28-34(3,30)31)10-13-19(20)23-21(32-24)6-5-7-22(23)33-25(26)27/h4-13,15,24-25,28H,1,14H2,2-3H3. The van der Waals surface area contributed by atoms with Gasteiger partial charge < -0.3 is 14.4 Å². The summed E-state index contributed by atoms with van der Waals surface area (Å²) in [5.41, 5.74) is 3.78. The van der Waals surface area contributed by atoms with Gasteiger partial charge in [0, 0.05) is 30.5 Å². The van der Waals surface area contributed by atoms with E-state index in [0.29, 0.717) is 34.7 Å². The third-order valence-electron chi connectivity index (χ3n) is 5.40. The summed E-state index contributed by atoms with van der Waals surface area (Å²) < 4.78 is 63.2. The molecule has 0 fully saturated rings. The highest BCUT2D eigenvalue weighted by Crippen LogP contribution is 2.49. The molecule has 1 N–H and O–H groups in total. The van der Waals surface area contributed by atoms with E-state index < -0.39 is 22.7 Å². The Morgan fingerprint density at radius 3 is 2.56 bits per heavy atom. The van der Waals surface area contributed by atoms with Crippen LogP contribution in [-0.4, -0.2) is 34.9 Å². The molecule has 0 bridgehead atoms. The van der Waals surface area contributed by atoms with Crippen LogP contribution < -0.4 is 19.1 Å². The number of alkyl halides is 2. The van der Waals surface area contributed by atoms with Crippen molar-refractivity contribution in [3.8, 4) is 22.6 Å². The third-order valence-corrected chi connectivity index (χ3v) is 6.00. The van der Waals surface area contributed by atoms with E-state index in [9.17, 15) is 17.2 Å². The lowest BCUT2D eigenvalue weighted by Gasteiger charge is -2.31. The molecule has 0 aromatic heterocycles. The molecule has 6 nitrogen and oxygen atoms in total. The Labute approximate surface area is 197 Å². The van der Waals surface area contributed by atoms with Crippen molar-refractivity contribution in [1.82, 2.24) is 0 Å². The van der Waals surface area contributed by atoms with Gasteiger partial charge in [0.2, 0.25) is 10.0 Å². The van der Waals surface area contributed by atoms with E-state index in [-0.39, 0.29) is 5.75 Å². The van der Waals surface area contributed by atoms with Gasteiger partial charge in [-0.25, -0.2) is 8.42 Å². The predicted octanol–water partition coefficient (Wildman–Crippen LogP) is 5.43. The van der Waals surface area contributed by atoms with Crippen LogP contribution >= 0.6 is 0 Å². The van der Waals surface area contributed by atoms with Crippen molar-refractivity contribution in [2.24, 2.45) is 0 Å². The molecule has 0 radical (unpaired) electrons. The number of benzene rings is 3. The lowest BCUT2D eigenvalue weighted by Crippen LogP contribution is -2.19. The Morgan fingerprint density at radius 2 is 1.91 bits per heavy atom. The number of nitrogens with zero attached hydrogens (tertiary/aromatic N) is 1. The summed E-state index contributed by atoms with van der Waals surface area (Å²) in [4.78, 5) is 2.03. The maximum absolute atomic E-state index is 13.1. The Morgan fingerprint density at radius 1 is 1.18 bits per heavy atom. The van der Waals surface area contributed by atoms with Gasteiger partial charge in [0.05, 0.1) is 11.8 Å². The van der Waals surface area contributed by atoms with Gasteiger partial charge in [-0.3, -0.25) is 4.72 Å². The summed E-state index contributed by atoms with van der Waals surface area (Å²) in [7, 11) is -1.57. The summed E-state index contributed by atoms with van der Waals surface area (Å²) in [5.74, 6) is 0.379. The van der Waals surface area contributed by atoms with Crippen LogP contribution in [-0.2, 0) is 10.0 Å². The fourth-order valence-electron chi connectivity index (χ4n) is 3.99. The maximum Gasteiger partial charge on any atom is 0.387 e. The van der Waals surface area contributed by atoms with Crippen LogP contribution in [0.15, 0.2) is 73.3 Å². The topological polar surface area (TPSA) is 67.9 Å². The predicted molar refractivity (Wildman–Crippen MR) is 129 cm³/mol. The highest BCUT2D eigenvalue weighted by Gasteiger charge is 2.31. The number of rotatable bonds is 8. The van der Waals surface area contributed by atoms with E-state index >= 15 is 0 Å². The van der Waals surface area contributed by atoms with Crippen LogP contribution in [0.5, 0.6) is 11.5 Å². The maximum atomic E-state index is 13.1. The van der Waals surface area contributed by atoms with Gasteiger partial charge in [0.15, 0.2) is 0 Å². The number of hydrogen-bond donors (Lipinski definition) is 1. The monoisotopic (exact) mass is 486 g/mol. The van der Waals surface area contributed by atoms with E-state index in [4.69, 9.17) is 9.47 Å². The van der Waals surface area contributed by atoms with E-state index in [1.54, 1.807) is 36.4 Å². The number of likely N-dealkylation sites (N-methyl/N-ethyl adjacent to an activating group) is 1. The average molecular weight is 487 g/mol. The Balaban J connectivity index is 1.83. The van der Waals surface area contributed by atoms with Gasteiger partial charge in [-0.15, -0.1) is 6.58 Å². The summed E-state index contributed by atoms with van der Waals surface area (Å²) >= 11 is 0. The number of ether oxygens (including phenoxy) is 2. The lowest BCUT2D eigenvalue weighted by molar-refractivity contribution is -0.0496. The van der Waals surface area contributed by atoms with E-state index in [0.717, 1.165) is 17.5 Å². The number of hydrogen-bond acceptors (Lipinski definition) is 5. The average Bonchev–Trinajstić information content (AvgIpc) is 2.77. The van der Waals surface area contributed by atoms with E-state index in [2.05, 4.69) is 11.3 Å². The van der Waals surface area contributed by atoms with Gasteiger partial charge in [-0.05, 0) is 47.5 Å². The number of nitrogens with one attached hydrogen (secondary N) is 1. The Hall–Kier alpha value is -3.59. The molecule has 178 valence electrons. The van der Waals surface area contributed by atoms with E-state index in [1.165, 1.54) is 6.07 Å². The zero-order chi connectivity index (χ0) is 24.5. The first kappa shape index (κ1) is 23.6. The molecule has 1 aliphatic rings. The van der Waals surface area contributed by atoms with Crippen LogP contribution in [0.25, 0.3) is 11.1 Å². The molecule has 0 saturated carbocycles. The smallest absolute Gasteiger partial charge is 0.387 e. The van der Waals surface area contributed by atoms with Gasteiger partial charge in [0.25, 0.3) is 0 Å². The molecule has 1 aliphatic heterocycles. The van der Waals surface area contributed by atoms with Crippen molar-refractivity contribution in [1.29, 1.82) is 0 Å². The van der Waals surface area contributed by atoms with Gasteiger partial charge in [-0.1, -0.05) is 30.3 Å². The van der Waals surface area contributed by atoms with Crippen LogP contribution in [0, 0.1) is 0 Å². The first-order valence-corrected chi connectivity index (χ1v) is 12.3. The first-order chi connectivity index (χ1) is 16.2. The van der Waals surface area contributed by atoms with Crippen molar-refractivity contribution in [2.75, 3.05) is 29.5 Å². The molecule has 1 heterocycles. The summed E-state index contributed by atoms with van der Waals surface area (Å²) in [6, 6.07) is 17.4. The molecule has 0 saturated heterocycles. The van der Waals surface area contributed by atoms with Crippen LogP contribution in [0.3, 0.4) is 0 Å². The van der Waals surface area contributed by atoms with E-state index in [1.807, 2.05) is 36.2 Å². The fraction of sp³-hybridized carbons (Fsp3) is 0.200. The normalized spacial score (nSPS) is 14.6. The largest absolute Gasteiger partial charge is 0.480 e. The molecular formula is C25H24F2N2O4S. The van der Waals surface area contributed by atoms with Crippen LogP contribution in [0.1, 0.15) is 17.2 Å². The number of fused-ring (bicyclic) bond motifs is 3. The van der Waals surface area contributed by atoms with Crippen LogP contribution in [0.4, 0.5) is 20.2 Å². The molecule has 1 unspecified atom stereocenters.